The van der Waals surface area contributed by atoms with Gasteiger partial charge in [0.25, 0.3) is 0 Å². The average Bonchev–Trinajstić information content (AvgIpc) is 2.39. The third kappa shape index (κ3) is 2.64. The standard InChI is InChI=1S/C14H16O4/c1-3-17-11-4-5-13-12(9-11)10(6-7-18-13)8-14(15)16-2/h4-5,8-9H,3,6-7H2,1-2H3/b10-8-. The molecule has 0 saturated carbocycles. The molecule has 96 valence electrons. The van der Waals surface area contributed by atoms with E-state index in [9.17, 15) is 4.79 Å². The first-order valence-electron chi connectivity index (χ1n) is 5.93. The Morgan fingerprint density at radius 3 is 3.06 bits per heavy atom. The molecule has 0 aromatic heterocycles. The number of rotatable bonds is 3. The van der Waals surface area contributed by atoms with E-state index in [1.165, 1.54) is 13.2 Å². The molecule has 4 heteroatoms. The van der Waals surface area contributed by atoms with E-state index >= 15 is 0 Å². The normalized spacial score (nSPS) is 15.8. The predicted molar refractivity (Wildman–Crippen MR) is 67.7 cm³/mol. The van der Waals surface area contributed by atoms with Gasteiger partial charge in [-0.05, 0) is 30.7 Å². The summed E-state index contributed by atoms with van der Waals surface area (Å²) in [5.74, 6) is 1.21. The van der Waals surface area contributed by atoms with Gasteiger partial charge in [-0.1, -0.05) is 0 Å². The second kappa shape index (κ2) is 5.58. The van der Waals surface area contributed by atoms with E-state index < -0.39 is 0 Å². The first-order chi connectivity index (χ1) is 8.74. The molecule has 0 aliphatic carbocycles. The number of hydrogen-bond donors (Lipinski definition) is 0. The van der Waals surface area contributed by atoms with E-state index in [0.29, 0.717) is 19.6 Å². The summed E-state index contributed by atoms with van der Waals surface area (Å²) in [4.78, 5) is 11.3. The highest BCUT2D eigenvalue weighted by atomic mass is 16.5. The maximum Gasteiger partial charge on any atom is 0.330 e. The molecule has 0 saturated heterocycles. The number of esters is 1. The van der Waals surface area contributed by atoms with Crippen molar-refractivity contribution in [3.05, 3.63) is 29.8 Å². The van der Waals surface area contributed by atoms with Crippen molar-refractivity contribution in [1.82, 2.24) is 0 Å². The SMILES string of the molecule is CCOc1ccc2c(c1)/C(=C\C(=O)OC)CCO2. The molecule has 0 N–H and O–H groups in total. The van der Waals surface area contributed by atoms with E-state index in [-0.39, 0.29) is 5.97 Å². The molecule has 18 heavy (non-hydrogen) atoms. The Hall–Kier alpha value is -1.97. The minimum absolute atomic E-state index is 0.348. The van der Waals surface area contributed by atoms with Crippen LogP contribution in [-0.2, 0) is 9.53 Å². The summed E-state index contributed by atoms with van der Waals surface area (Å²) < 4.78 is 15.7. The number of fused-ring (bicyclic) bond motifs is 1. The van der Waals surface area contributed by atoms with Crippen LogP contribution >= 0.6 is 0 Å². The molecular formula is C14H16O4. The molecule has 1 aromatic rings. The van der Waals surface area contributed by atoms with Gasteiger partial charge in [-0.15, -0.1) is 0 Å². The van der Waals surface area contributed by atoms with Crippen LogP contribution in [0.3, 0.4) is 0 Å². The fourth-order valence-electron chi connectivity index (χ4n) is 1.90. The van der Waals surface area contributed by atoms with Crippen LogP contribution in [0.1, 0.15) is 18.9 Å². The summed E-state index contributed by atoms with van der Waals surface area (Å²) >= 11 is 0. The molecule has 0 radical (unpaired) electrons. The summed E-state index contributed by atoms with van der Waals surface area (Å²) in [7, 11) is 1.37. The van der Waals surface area contributed by atoms with Gasteiger partial charge in [0.2, 0.25) is 0 Å². The molecule has 0 fully saturated rings. The van der Waals surface area contributed by atoms with Gasteiger partial charge in [0.15, 0.2) is 0 Å². The monoisotopic (exact) mass is 248 g/mol. The van der Waals surface area contributed by atoms with Crippen molar-refractivity contribution in [2.45, 2.75) is 13.3 Å². The summed E-state index contributed by atoms with van der Waals surface area (Å²) in [5, 5.41) is 0. The zero-order valence-electron chi connectivity index (χ0n) is 10.6. The number of carbonyl (C=O) groups is 1. The molecule has 1 aliphatic heterocycles. The van der Waals surface area contributed by atoms with Crippen LogP contribution in [0.15, 0.2) is 24.3 Å². The molecule has 1 aromatic carbocycles. The van der Waals surface area contributed by atoms with Crippen LogP contribution in [-0.4, -0.2) is 26.3 Å². The number of benzene rings is 1. The zero-order chi connectivity index (χ0) is 13.0. The Balaban J connectivity index is 2.37. The minimum atomic E-state index is -0.348. The van der Waals surface area contributed by atoms with Gasteiger partial charge in [-0.3, -0.25) is 0 Å². The van der Waals surface area contributed by atoms with Gasteiger partial charge in [-0.25, -0.2) is 4.79 Å². The minimum Gasteiger partial charge on any atom is -0.494 e. The second-order valence-electron chi connectivity index (χ2n) is 3.88. The molecule has 4 nitrogen and oxygen atoms in total. The van der Waals surface area contributed by atoms with Gasteiger partial charge < -0.3 is 14.2 Å². The lowest BCUT2D eigenvalue weighted by atomic mass is 9.99. The highest BCUT2D eigenvalue weighted by Crippen LogP contribution is 2.35. The maximum absolute atomic E-state index is 11.3. The average molecular weight is 248 g/mol. The summed E-state index contributed by atoms with van der Waals surface area (Å²) in [5.41, 5.74) is 1.82. The Morgan fingerprint density at radius 1 is 1.50 bits per heavy atom. The fraction of sp³-hybridized carbons (Fsp3) is 0.357. The van der Waals surface area contributed by atoms with Crippen molar-refractivity contribution < 1.29 is 19.0 Å². The van der Waals surface area contributed by atoms with E-state index in [1.54, 1.807) is 0 Å². The van der Waals surface area contributed by atoms with Gasteiger partial charge in [-0.2, -0.15) is 0 Å². The maximum atomic E-state index is 11.3. The smallest absolute Gasteiger partial charge is 0.330 e. The van der Waals surface area contributed by atoms with Crippen LogP contribution < -0.4 is 9.47 Å². The number of carbonyl (C=O) groups excluding carboxylic acids is 1. The number of hydrogen-bond acceptors (Lipinski definition) is 4. The third-order valence-electron chi connectivity index (χ3n) is 2.73. The number of methoxy groups -OCH3 is 1. The second-order valence-corrected chi connectivity index (χ2v) is 3.88. The van der Waals surface area contributed by atoms with Crippen LogP contribution in [0.25, 0.3) is 5.57 Å². The Kier molecular flexibility index (Phi) is 3.87. The van der Waals surface area contributed by atoms with Gasteiger partial charge in [0, 0.05) is 18.1 Å². The molecule has 0 atom stereocenters. The van der Waals surface area contributed by atoms with Crippen molar-refractivity contribution in [3.63, 3.8) is 0 Å². The molecule has 2 rings (SSSR count). The quantitative estimate of drug-likeness (QED) is 0.608. The van der Waals surface area contributed by atoms with Crippen LogP contribution in [0.5, 0.6) is 11.5 Å². The van der Waals surface area contributed by atoms with Crippen molar-refractivity contribution in [1.29, 1.82) is 0 Å². The lowest BCUT2D eigenvalue weighted by Crippen LogP contribution is -2.09. The highest BCUT2D eigenvalue weighted by molar-refractivity contribution is 5.92. The van der Waals surface area contributed by atoms with Crippen molar-refractivity contribution in [2.75, 3.05) is 20.3 Å². The summed E-state index contributed by atoms with van der Waals surface area (Å²) in [6.07, 6.45) is 2.20. The van der Waals surface area contributed by atoms with Crippen molar-refractivity contribution >= 4 is 11.5 Å². The van der Waals surface area contributed by atoms with Crippen molar-refractivity contribution in [2.24, 2.45) is 0 Å². The molecule has 0 bridgehead atoms. The van der Waals surface area contributed by atoms with Gasteiger partial charge >= 0.3 is 5.97 Å². The van der Waals surface area contributed by atoms with Gasteiger partial charge in [0.1, 0.15) is 11.5 Å². The summed E-state index contributed by atoms with van der Waals surface area (Å²) in [6.45, 7) is 3.11. The van der Waals surface area contributed by atoms with Crippen LogP contribution in [0, 0.1) is 0 Å². The Morgan fingerprint density at radius 2 is 2.33 bits per heavy atom. The lowest BCUT2D eigenvalue weighted by Gasteiger charge is -2.20. The molecule has 0 amide bonds. The number of ether oxygens (including phenoxy) is 3. The van der Waals surface area contributed by atoms with E-state index in [1.807, 2.05) is 25.1 Å². The largest absolute Gasteiger partial charge is 0.494 e. The summed E-state index contributed by atoms with van der Waals surface area (Å²) in [6, 6.07) is 5.63. The first-order valence-corrected chi connectivity index (χ1v) is 5.93. The van der Waals surface area contributed by atoms with Crippen molar-refractivity contribution in [3.8, 4) is 11.5 Å². The van der Waals surface area contributed by atoms with Crippen LogP contribution in [0.2, 0.25) is 0 Å². The topological polar surface area (TPSA) is 44.8 Å². The first kappa shape index (κ1) is 12.5. The lowest BCUT2D eigenvalue weighted by molar-refractivity contribution is -0.134. The molecule has 0 unspecified atom stereocenters. The Labute approximate surface area is 106 Å². The van der Waals surface area contributed by atoms with Gasteiger partial charge in [0.05, 0.1) is 20.3 Å². The Bertz CT molecular complexity index is 477. The fourth-order valence-corrected chi connectivity index (χ4v) is 1.90. The zero-order valence-corrected chi connectivity index (χ0v) is 10.6. The molecule has 1 aliphatic rings. The van der Waals surface area contributed by atoms with E-state index in [0.717, 1.165) is 22.6 Å². The molecule has 0 spiro atoms. The predicted octanol–water partition coefficient (Wildman–Crippen LogP) is 2.42. The van der Waals surface area contributed by atoms with E-state index in [2.05, 4.69) is 4.74 Å². The molecular weight excluding hydrogens is 232 g/mol. The molecule has 1 heterocycles. The third-order valence-corrected chi connectivity index (χ3v) is 2.73. The highest BCUT2D eigenvalue weighted by Gasteiger charge is 2.17. The van der Waals surface area contributed by atoms with Crippen LogP contribution in [0.4, 0.5) is 0 Å². The van der Waals surface area contributed by atoms with E-state index in [4.69, 9.17) is 9.47 Å².